The number of benzene rings is 1. The van der Waals surface area contributed by atoms with Crippen molar-refractivity contribution in [1.82, 2.24) is 14.1 Å². The first-order valence-corrected chi connectivity index (χ1v) is 9.48. The van der Waals surface area contributed by atoms with Crippen LogP contribution in [0.4, 0.5) is 0 Å². The summed E-state index contributed by atoms with van der Waals surface area (Å²) in [7, 11) is -3.63. The fourth-order valence-electron chi connectivity index (χ4n) is 2.32. The van der Waals surface area contributed by atoms with Gasteiger partial charge in [0, 0.05) is 25.4 Å². The number of aromatic nitrogens is 2. The second kappa shape index (κ2) is 6.72. The van der Waals surface area contributed by atoms with Gasteiger partial charge in [-0.2, -0.15) is 0 Å². The monoisotopic (exact) mass is 383 g/mol. The molecular formula is C16H15Cl2N3O2S. The number of nitrogens with one attached hydrogen (secondary N) is 1. The summed E-state index contributed by atoms with van der Waals surface area (Å²) in [5.41, 5.74) is 2.78. The van der Waals surface area contributed by atoms with Crippen LogP contribution in [0.3, 0.4) is 0 Å². The van der Waals surface area contributed by atoms with Gasteiger partial charge in [0.05, 0.1) is 20.6 Å². The molecule has 0 spiro atoms. The molecule has 0 aliphatic rings. The maximum absolute atomic E-state index is 12.3. The molecule has 0 radical (unpaired) electrons. The number of hydrogen-bond donors (Lipinski definition) is 1. The number of pyridine rings is 1. The smallest absolute Gasteiger partial charge is 0.240 e. The highest BCUT2D eigenvalue weighted by Crippen LogP contribution is 2.24. The number of sulfonamides is 1. The third-order valence-corrected chi connectivity index (χ3v) is 5.72. The largest absolute Gasteiger partial charge is 0.307 e. The quantitative estimate of drug-likeness (QED) is 0.733. The van der Waals surface area contributed by atoms with Gasteiger partial charge in [-0.05, 0) is 36.8 Å². The number of imidazole rings is 1. The lowest BCUT2D eigenvalue weighted by Gasteiger charge is -2.06. The van der Waals surface area contributed by atoms with Gasteiger partial charge in [-0.15, -0.1) is 0 Å². The third-order valence-electron chi connectivity index (χ3n) is 3.52. The van der Waals surface area contributed by atoms with Crippen LogP contribution in [0, 0.1) is 6.92 Å². The minimum Gasteiger partial charge on any atom is -0.307 e. The highest BCUT2D eigenvalue weighted by Gasteiger charge is 2.15. The Hall–Kier alpha value is -1.60. The van der Waals surface area contributed by atoms with Crippen LogP contribution in [0.2, 0.25) is 10.0 Å². The average molecular weight is 384 g/mol. The van der Waals surface area contributed by atoms with Gasteiger partial charge in [0.25, 0.3) is 0 Å². The summed E-state index contributed by atoms with van der Waals surface area (Å²) in [4.78, 5) is 4.55. The normalized spacial score (nSPS) is 12.0. The molecule has 5 nitrogen and oxygen atoms in total. The van der Waals surface area contributed by atoms with E-state index in [2.05, 4.69) is 9.71 Å². The molecule has 0 amide bonds. The Kier molecular flexibility index (Phi) is 4.83. The molecule has 0 fully saturated rings. The van der Waals surface area contributed by atoms with Crippen molar-refractivity contribution in [3.05, 3.63) is 64.0 Å². The van der Waals surface area contributed by atoms with E-state index in [0.29, 0.717) is 11.4 Å². The lowest BCUT2D eigenvalue weighted by atomic mass is 10.3. The second-order valence-electron chi connectivity index (χ2n) is 5.43. The van der Waals surface area contributed by atoms with Crippen molar-refractivity contribution >= 4 is 38.9 Å². The lowest BCUT2D eigenvalue weighted by molar-refractivity contribution is 0.581. The van der Waals surface area contributed by atoms with E-state index in [1.807, 2.05) is 35.9 Å². The van der Waals surface area contributed by atoms with Gasteiger partial charge in [-0.25, -0.2) is 18.1 Å². The summed E-state index contributed by atoms with van der Waals surface area (Å²) >= 11 is 11.7. The van der Waals surface area contributed by atoms with Crippen LogP contribution in [0.25, 0.3) is 5.65 Å². The van der Waals surface area contributed by atoms with Gasteiger partial charge in [-0.3, -0.25) is 0 Å². The highest BCUT2D eigenvalue weighted by molar-refractivity contribution is 7.89. The number of fused-ring (bicyclic) bond motifs is 1. The Bertz CT molecular complexity index is 1000. The summed E-state index contributed by atoms with van der Waals surface area (Å²) in [5, 5.41) is 0.519. The fraction of sp³-hybridized carbons (Fsp3) is 0.188. The highest BCUT2D eigenvalue weighted by atomic mass is 35.5. The van der Waals surface area contributed by atoms with Crippen molar-refractivity contribution in [1.29, 1.82) is 0 Å². The molecule has 24 heavy (non-hydrogen) atoms. The standard InChI is InChI=1S/C16H15Cl2N3O2S/c1-11-2-5-16-20-12(10-21(16)9-11)6-7-19-24(22,23)13-3-4-14(17)15(18)8-13/h2-5,8-10,19H,6-7H2,1H3. The van der Waals surface area contributed by atoms with E-state index < -0.39 is 10.0 Å². The fourth-order valence-corrected chi connectivity index (χ4v) is 3.74. The van der Waals surface area contributed by atoms with Gasteiger partial charge in [0.2, 0.25) is 10.0 Å². The Morgan fingerprint density at radius 1 is 1.12 bits per heavy atom. The predicted octanol–water partition coefficient (Wildman–Crippen LogP) is 3.47. The first-order valence-electron chi connectivity index (χ1n) is 7.24. The average Bonchev–Trinajstić information content (AvgIpc) is 2.91. The number of hydrogen-bond acceptors (Lipinski definition) is 3. The van der Waals surface area contributed by atoms with E-state index in [0.717, 1.165) is 16.9 Å². The molecule has 0 bridgehead atoms. The van der Waals surface area contributed by atoms with Crippen LogP contribution in [0.1, 0.15) is 11.3 Å². The summed E-state index contributed by atoms with van der Waals surface area (Å²) in [5.74, 6) is 0. The summed E-state index contributed by atoms with van der Waals surface area (Å²) in [6, 6.07) is 8.13. The molecule has 0 atom stereocenters. The molecule has 0 saturated heterocycles. The van der Waals surface area contributed by atoms with E-state index in [-0.39, 0.29) is 16.5 Å². The minimum absolute atomic E-state index is 0.0857. The van der Waals surface area contributed by atoms with Gasteiger partial charge >= 0.3 is 0 Å². The van der Waals surface area contributed by atoms with E-state index >= 15 is 0 Å². The van der Waals surface area contributed by atoms with Crippen LogP contribution in [-0.4, -0.2) is 24.3 Å². The number of halogens is 2. The SMILES string of the molecule is Cc1ccc2nc(CCNS(=O)(=O)c3ccc(Cl)c(Cl)c3)cn2c1. The number of rotatable bonds is 5. The van der Waals surface area contributed by atoms with Crippen molar-refractivity contribution in [2.75, 3.05) is 6.54 Å². The molecule has 3 rings (SSSR count). The topological polar surface area (TPSA) is 63.5 Å². The van der Waals surface area contributed by atoms with Crippen molar-refractivity contribution in [3.8, 4) is 0 Å². The molecule has 0 aliphatic heterocycles. The zero-order valence-corrected chi connectivity index (χ0v) is 15.2. The zero-order valence-electron chi connectivity index (χ0n) is 12.8. The van der Waals surface area contributed by atoms with Crippen molar-refractivity contribution in [2.24, 2.45) is 0 Å². The maximum atomic E-state index is 12.3. The molecule has 2 aromatic heterocycles. The van der Waals surface area contributed by atoms with Gasteiger partial charge in [0.1, 0.15) is 5.65 Å². The Balaban J connectivity index is 1.68. The van der Waals surface area contributed by atoms with Gasteiger partial charge < -0.3 is 4.40 Å². The first-order chi connectivity index (χ1) is 11.3. The molecule has 0 saturated carbocycles. The second-order valence-corrected chi connectivity index (χ2v) is 8.01. The van der Waals surface area contributed by atoms with Crippen LogP contribution >= 0.6 is 23.2 Å². The van der Waals surface area contributed by atoms with Crippen LogP contribution in [-0.2, 0) is 16.4 Å². The van der Waals surface area contributed by atoms with Crippen molar-refractivity contribution < 1.29 is 8.42 Å². The molecule has 8 heteroatoms. The van der Waals surface area contributed by atoms with Crippen LogP contribution < -0.4 is 4.72 Å². The lowest BCUT2D eigenvalue weighted by Crippen LogP contribution is -2.26. The molecule has 3 aromatic rings. The zero-order chi connectivity index (χ0) is 17.3. The van der Waals surface area contributed by atoms with Crippen molar-refractivity contribution in [3.63, 3.8) is 0 Å². The van der Waals surface area contributed by atoms with E-state index in [1.54, 1.807) is 0 Å². The molecule has 126 valence electrons. The maximum Gasteiger partial charge on any atom is 0.240 e. The van der Waals surface area contributed by atoms with Gasteiger partial charge in [0.15, 0.2) is 0 Å². The molecule has 1 aromatic carbocycles. The van der Waals surface area contributed by atoms with E-state index in [4.69, 9.17) is 23.2 Å². The third kappa shape index (κ3) is 3.72. The predicted molar refractivity (Wildman–Crippen MR) is 95.3 cm³/mol. The van der Waals surface area contributed by atoms with Crippen LogP contribution in [0.15, 0.2) is 47.6 Å². The Morgan fingerprint density at radius 3 is 2.67 bits per heavy atom. The van der Waals surface area contributed by atoms with Gasteiger partial charge in [-0.1, -0.05) is 29.3 Å². The summed E-state index contributed by atoms with van der Waals surface area (Å²) in [6.45, 7) is 2.25. The molecule has 0 unspecified atom stereocenters. The molecule has 2 heterocycles. The number of aryl methyl sites for hydroxylation is 1. The number of nitrogens with zero attached hydrogens (tertiary/aromatic N) is 2. The van der Waals surface area contributed by atoms with E-state index in [1.165, 1.54) is 18.2 Å². The molecular weight excluding hydrogens is 369 g/mol. The Morgan fingerprint density at radius 2 is 1.92 bits per heavy atom. The first kappa shape index (κ1) is 17.2. The minimum atomic E-state index is -3.63. The van der Waals surface area contributed by atoms with E-state index in [9.17, 15) is 8.42 Å². The van der Waals surface area contributed by atoms with Crippen LogP contribution in [0.5, 0.6) is 0 Å². The Labute approximate surface area is 150 Å². The molecule has 0 aliphatic carbocycles. The summed E-state index contributed by atoms with van der Waals surface area (Å²) < 4.78 is 29.0. The van der Waals surface area contributed by atoms with Crippen molar-refractivity contribution in [2.45, 2.75) is 18.2 Å². The summed E-state index contributed by atoms with van der Waals surface area (Å²) in [6.07, 6.45) is 4.36. The molecule has 1 N–H and O–H groups in total.